The van der Waals surface area contributed by atoms with Crippen LogP contribution in [0, 0.1) is 0 Å². The highest BCUT2D eigenvalue weighted by Crippen LogP contribution is 2.28. The largest absolute Gasteiger partial charge is 0.484 e. The molecule has 2 aromatic rings. The lowest BCUT2D eigenvalue weighted by Crippen LogP contribution is -2.11. The number of ether oxygens (including phenoxy) is 1. The van der Waals surface area contributed by atoms with E-state index >= 15 is 0 Å². The molecule has 0 aliphatic carbocycles. The monoisotopic (exact) mass is 446 g/mol. The van der Waals surface area contributed by atoms with Crippen molar-refractivity contribution >= 4 is 53.6 Å². The minimum absolute atomic E-state index is 0.0106. The van der Waals surface area contributed by atoms with Gasteiger partial charge in [-0.1, -0.05) is 44.0 Å². The number of carbonyl (C=O) groups excluding carboxylic acids is 1. The van der Waals surface area contributed by atoms with Crippen molar-refractivity contribution < 1.29 is 9.53 Å². The molecule has 98 valence electrons. The number of Topliss-reactive ketones (excluding diaryl/α,β-unsaturated/α-hetero) is 1. The highest BCUT2D eigenvalue weighted by atomic mass is 79.9. The molecule has 0 aliphatic rings. The van der Waals surface area contributed by atoms with Crippen LogP contribution in [0.2, 0.25) is 0 Å². The molecule has 0 aliphatic heterocycles. The molecule has 0 unspecified atom stereocenters. The van der Waals surface area contributed by atoms with Gasteiger partial charge in [-0.3, -0.25) is 4.79 Å². The first-order chi connectivity index (χ1) is 9.06. The van der Waals surface area contributed by atoms with Crippen molar-refractivity contribution in [2.45, 2.75) is 0 Å². The smallest absolute Gasteiger partial charge is 0.200 e. The third-order valence-corrected chi connectivity index (χ3v) is 4.01. The molecule has 0 fully saturated rings. The molecule has 0 saturated heterocycles. The number of halogens is 3. The van der Waals surface area contributed by atoms with Gasteiger partial charge in [-0.15, -0.1) is 0 Å². The molecule has 0 aromatic heterocycles. The second-order valence-electron chi connectivity index (χ2n) is 3.80. The van der Waals surface area contributed by atoms with E-state index in [0.29, 0.717) is 11.3 Å². The van der Waals surface area contributed by atoms with Crippen molar-refractivity contribution in [1.82, 2.24) is 0 Å². The van der Waals surface area contributed by atoms with Crippen molar-refractivity contribution in [2.75, 3.05) is 6.61 Å². The van der Waals surface area contributed by atoms with Gasteiger partial charge in [0.15, 0.2) is 12.4 Å². The molecule has 0 atom stereocenters. The lowest BCUT2D eigenvalue weighted by Gasteiger charge is -2.08. The van der Waals surface area contributed by atoms with Crippen LogP contribution in [-0.4, -0.2) is 12.4 Å². The summed E-state index contributed by atoms with van der Waals surface area (Å²) >= 11 is 10.1. The van der Waals surface area contributed by atoms with Gasteiger partial charge in [-0.05, 0) is 46.3 Å². The first-order valence-corrected chi connectivity index (χ1v) is 7.81. The lowest BCUT2D eigenvalue weighted by molar-refractivity contribution is 0.0921. The quantitative estimate of drug-likeness (QED) is 0.598. The number of hydrogen-bond acceptors (Lipinski definition) is 2. The van der Waals surface area contributed by atoms with Crippen LogP contribution < -0.4 is 4.74 Å². The van der Waals surface area contributed by atoms with Gasteiger partial charge in [0, 0.05) is 14.5 Å². The molecule has 5 heteroatoms. The Morgan fingerprint density at radius 3 is 2.42 bits per heavy atom. The first-order valence-electron chi connectivity index (χ1n) is 5.43. The van der Waals surface area contributed by atoms with Crippen LogP contribution in [0.3, 0.4) is 0 Å². The molecular weight excluding hydrogens is 440 g/mol. The minimum Gasteiger partial charge on any atom is -0.484 e. The Morgan fingerprint density at radius 1 is 1.00 bits per heavy atom. The third-order valence-electron chi connectivity index (χ3n) is 2.40. The van der Waals surface area contributed by atoms with Gasteiger partial charge >= 0.3 is 0 Å². The molecule has 19 heavy (non-hydrogen) atoms. The van der Waals surface area contributed by atoms with Crippen LogP contribution in [0.25, 0.3) is 0 Å². The van der Waals surface area contributed by atoms with Gasteiger partial charge in [0.2, 0.25) is 0 Å². The molecule has 0 saturated carbocycles. The second-order valence-corrected chi connectivity index (χ2v) is 6.48. The average molecular weight is 449 g/mol. The zero-order valence-electron chi connectivity index (χ0n) is 9.70. The van der Waals surface area contributed by atoms with Crippen LogP contribution in [0.5, 0.6) is 5.75 Å². The summed E-state index contributed by atoms with van der Waals surface area (Å²) in [6.07, 6.45) is 0. The average Bonchev–Trinajstić information content (AvgIpc) is 2.37. The van der Waals surface area contributed by atoms with Crippen molar-refractivity contribution in [3.63, 3.8) is 0 Å². The summed E-state index contributed by atoms with van der Waals surface area (Å²) in [7, 11) is 0. The molecule has 2 aromatic carbocycles. The standard InChI is InChI=1S/C14H9Br3O2/c15-10-3-1-2-9(6-10)13(18)8-19-14-5-4-11(16)7-12(14)17/h1-7H,8H2. The van der Waals surface area contributed by atoms with Crippen LogP contribution in [0.1, 0.15) is 10.4 Å². The molecule has 2 rings (SSSR count). The van der Waals surface area contributed by atoms with Crippen LogP contribution in [0.4, 0.5) is 0 Å². The third kappa shape index (κ3) is 4.16. The number of rotatable bonds is 4. The minimum atomic E-state index is -0.0591. The van der Waals surface area contributed by atoms with E-state index in [0.717, 1.165) is 13.4 Å². The zero-order chi connectivity index (χ0) is 13.8. The van der Waals surface area contributed by atoms with Crippen molar-refractivity contribution in [3.05, 3.63) is 61.4 Å². The Bertz CT molecular complexity index is 611. The van der Waals surface area contributed by atoms with E-state index in [-0.39, 0.29) is 12.4 Å². The summed E-state index contributed by atoms with van der Waals surface area (Å²) in [4.78, 5) is 12.0. The van der Waals surface area contributed by atoms with E-state index in [1.807, 2.05) is 30.3 Å². The fourth-order valence-corrected chi connectivity index (χ4v) is 3.04. The van der Waals surface area contributed by atoms with Gasteiger partial charge in [-0.25, -0.2) is 0 Å². The van der Waals surface area contributed by atoms with Crippen molar-refractivity contribution in [3.8, 4) is 5.75 Å². The Kier molecular flexibility index (Phi) is 5.19. The molecule has 0 heterocycles. The zero-order valence-corrected chi connectivity index (χ0v) is 14.5. The van der Waals surface area contributed by atoms with Gasteiger partial charge in [0.05, 0.1) is 4.47 Å². The summed E-state index contributed by atoms with van der Waals surface area (Å²) in [6, 6.07) is 12.8. The molecule has 0 bridgehead atoms. The predicted molar refractivity (Wildman–Crippen MR) is 85.8 cm³/mol. The van der Waals surface area contributed by atoms with Gasteiger partial charge in [0.25, 0.3) is 0 Å². The molecule has 0 N–H and O–H groups in total. The summed E-state index contributed by atoms with van der Waals surface area (Å²) in [6.45, 7) is 0.0106. The topological polar surface area (TPSA) is 26.3 Å². The van der Waals surface area contributed by atoms with Crippen molar-refractivity contribution in [2.24, 2.45) is 0 Å². The van der Waals surface area contributed by atoms with E-state index in [2.05, 4.69) is 47.8 Å². The Labute approximate surface area is 136 Å². The van der Waals surface area contributed by atoms with E-state index in [1.54, 1.807) is 12.1 Å². The van der Waals surface area contributed by atoms with Crippen LogP contribution >= 0.6 is 47.8 Å². The van der Waals surface area contributed by atoms with E-state index < -0.39 is 0 Å². The van der Waals surface area contributed by atoms with Gasteiger partial charge < -0.3 is 4.74 Å². The maximum atomic E-state index is 12.0. The predicted octanol–water partition coefficient (Wildman–Crippen LogP) is 5.24. The summed E-state index contributed by atoms with van der Waals surface area (Å²) < 4.78 is 8.15. The van der Waals surface area contributed by atoms with Crippen molar-refractivity contribution in [1.29, 1.82) is 0 Å². The SMILES string of the molecule is O=C(COc1ccc(Br)cc1Br)c1cccc(Br)c1. The lowest BCUT2D eigenvalue weighted by atomic mass is 10.1. The number of ketones is 1. The molecule has 0 spiro atoms. The second kappa shape index (κ2) is 6.68. The van der Waals surface area contributed by atoms with Gasteiger partial charge in [-0.2, -0.15) is 0 Å². The van der Waals surface area contributed by atoms with E-state index in [4.69, 9.17) is 4.74 Å². The molecule has 2 nitrogen and oxygen atoms in total. The Balaban J connectivity index is 2.04. The van der Waals surface area contributed by atoms with Gasteiger partial charge in [0.1, 0.15) is 5.75 Å². The van der Waals surface area contributed by atoms with Crippen LogP contribution in [-0.2, 0) is 0 Å². The first kappa shape index (κ1) is 14.8. The normalized spacial score (nSPS) is 10.3. The highest BCUT2D eigenvalue weighted by Gasteiger charge is 2.09. The maximum Gasteiger partial charge on any atom is 0.200 e. The fourth-order valence-electron chi connectivity index (χ4n) is 1.48. The summed E-state index contributed by atoms with van der Waals surface area (Å²) in [5, 5.41) is 0. The molecule has 0 radical (unpaired) electrons. The number of carbonyl (C=O) groups is 1. The highest BCUT2D eigenvalue weighted by molar-refractivity contribution is 9.11. The summed E-state index contributed by atoms with van der Waals surface area (Å²) in [5.41, 5.74) is 0.627. The van der Waals surface area contributed by atoms with E-state index in [1.165, 1.54) is 0 Å². The Morgan fingerprint density at radius 2 is 1.74 bits per heavy atom. The Hall–Kier alpha value is -0.650. The molecule has 0 amide bonds. The molecular formula is C14H9Br3O2. The summed E-state index contributed by atoms with van der Waals surface area (Å²) in [5.74, 6) is 0.586. The van der Waals surface area contributed by atoms with Crippen LogP contribution in [0.15, 0.2) is 55.9 Å². The van der Waals surface area contributed by atoms with E-state index in [9.17, 15) is 4.79 Å². The number of hydrogen-bond donors (Lipinski definition) is 0. The maximum absolute atomic E-state index is 12.0. The fraction of sp³-hybridized carbons (Fsp3) is 0.0714. The number of benzene rings is 2.